The Balaban J connectivity index is 1.66. The van der Waals surface area contributed by atoms with Crippen molar-refractivity contribution in [1.29, 1.82) is 0 Å². The van der Waals surface area contributed by atoms with Crippen molar-refractivity contribution in [3.05, 3.63) is 35.4 Å². The highest BCUT2D eigenvalue weighted by Crippen LogP contribution is 2.25. The van der Waals surface area contributed by atoms with E-state index in [9.17, 15) is 19.5 Å². The van der Waals surface area contributed by atoms with E-state index in [2.05, 4.69) is 0 Å². The average molecular weight is 374 g/mol. The van der Waals surface area contributed by atoms with Gasteiger partial charge in [-0.15, -0.1) is 0 Å². The predicted octanol–water partition coefficient (Wildman–Crippen LogP) is 1.44. The van der Waals surface area contributed by atoms with Crippen LogP contribution in [0.3, 0.4) is 0 Å². The molecule has 1 atom stereocenters. The maximum atomic E-state index is 13.0. The highest BCUT2D eigenvalue weighted by atomic mass is 16.5. The summed E-state index contributed by atoms with van der Waals surface area (Å²) in [5, 5.41) is 9.22. The van der Waals surface area contributed by atoms with E-state index in [0.717, 1.165) is 11.1 Å². The Morgan fingerprint density at radius 3 is 2.52 bits per heavy atom. The van der Waals surface area contributed by atoms with Gasteiger partial charge in [-0.25, -0.2) is 0 Å². The zero-order valence-electron chi connectivity index (χ0n) is 15.6. The number of hydrogen-bond donors (Lipinski definition) is 1. The lowest BCUT2D eigenvalue weighted by molar-refractivity contribution is -0.149. The number of carboxylic acids is 1. The van der Waals surface area contributed by atoms with Crippen molar-refractivity contribution in [3.8, 4) is 0 Å². The molecule has 2 heterocycles. The van der Waals surface area contributed by atoms with Gasteiger partial charge in [-0.2, -0.15) is 0 Å². The molecule has 146 valence electrons. The van der Waals surface area contributed by atoms with Crippen molar-refractivity contribution in [2.75, 3.05) is 26.3 Å². The Bertz CT molecular complexity index is 697. The van der Waals surface area contributed by atoms with E-state index in [4.69, 9.17) is 4.74 Å². The minimum atomic E-state index is -1.03. The van der Waals surface area contributed by atoms with Gasteiger partial charge < -0.3 is 19.6 Å². The fraction of sp³-hybridized carbons (Fsp3) is 0.550. The van der Waals surface area contributed by atoms with Crippen LogP contribution in [0.5, 0.6) is 0 Å². The van der Waals surface area contributed by atoms with Crippen LogP contribution in [0.15, 0.2) is 24.3 Å². The van der Waals surface area contributed by atoms with Crippen molar-refractivity contribution < 1.29 is 24.2 Å². The van der Waals surface area contributed by atoms with E-state index in [0.29, 0.717) is 39.1 Å². The zero-order chi connectivity index (χ0) is 19.4. The van der Waals surface area contributed by atoms with Gasteiger partial charge in [0, 0.05) is 38.8 Å². The van der Waals surface area contributed by atoms with Gasteiger partial charge in [0.05, 0.1) is 5.92 Å². The molecule has 7 heteroatoms. The number of aryl methyl sites for hydroxylation is 1. The molecule has 0 aromatic heterocycles. The maximum Gasteiger partial charge on any atom is 0.323 e. The first-order valence-electron chi connectivity index (χ1n) is 9.37. The summed E-state index contributed by atoms with van der Waals surface area (Å²) in [5.74, 6) is -1.80. The lowest BCUT2D eigenvalue weighted by atomic mass is 10.0. The van der Waals surface area contributed by atoms with Gasteiger partial charge in [-0.05, 0) is 25.3 Å². The van der Waals surface area contributed by atoms with Gasteiger partial charge in [-0.1, -0.05) is 29.8 Å². The van der Waals surface area contributed by atoms with E-state index >= 15 is 0 Å². The number of rotatable bonds is 6. The number of carbonyl (C=O) groups is 3. The summed E-state index contributed by atoms with van der Waals surface area (Å²) in [6.07, 6.45) is 1.41. The first kappa shape index (κ1) is 19.4. The number of carboxylic acid groups (broad SMARTS) is 1. The molecule has 0 unspecified atom stereocenters. The second kappa shape index (κ2) is 8.52. The SMILES string of the molecule is Cc1ccc(CN2C[C@@H](C(=O)N(CC(=O)O)C3CCOCC3)CC2=O)cc1. The molecule has 1 aromatic carbocycles. The van der Waals surface area contributed by atoms with Crippen molar-refractivity contribution in [2.24, 2.45) is 5.92 Å². The molecule has 2 saturated heterocycles. The number of ether oxygens (including phenoxy) is 1. The summed E-state index contributed by atoms with van der Waals surface area (Å²) >= 11 is 0. The molecule has 3 rings (SSSR count). The van der Waals surface area contributed by atoms with Crippen molar-refractivity contribution >= 4 is 17.8 Å². The van der Waals surface area contributed by atoms with Gasteiger partial charge in [0.15, 0.2) is 0 Å². The van der Waals surface area contributed by atoms with Crippen LogP contribution in [-0.2, 0) is 25.7 Å². The third-order valence-corrected chi connectivity index (χ3v) is 5.28. The standard InChI is InChI=1S/C20H26N2O5/c1-14-2-4-15(5-3-14)11-21-12-16(10-18(21)23)20(26)22(13-19(24)25)17-6-8-27-9-7-17/h2-5,16-17H,6-13H2,1H3,(H,24,25)/t16-/m0/s1. The molecule has 2 amide bonds. The fourth-order valence-electron chi connectivity index (χ4n) is 3.77. The molecule has 1 aromatic rings. The molecule has 2 aliphatic rings. The monoisotopic (exact) mass is 374 g/mol. The minimum Gasteiger partial charge on any atom is -0.480 e. The molecular formula is C20H26N2O5. The molecule has 0 aliphatic carbocycles. The number of likely N-dealkylation sites (tertiary alicyclic amines) is 1. The number of nitrogens with zero attached hydrogens (tertiary/aromatic N) is 2. The molecule has 0 saturated carbocycles. The van der Waals surface area contributed by atoms with E-state index in [1.807, 2.05) is 31.2 Å². The number of aliphatic carboxylic acids is 1. The second-order valence-electron chi connectivity index (χ2n) is 7.36. The van der Waals surface area contributed by atoms with E-state index in [1.165, 1.54) is 4.90 Å². The molecule has 7 nitrogen and oxygen atoms in total. The smallest absolute Gasteiger partial charge is 0.323 e. The van der Waals surface area contributed by atoms with Gasteiger partial charge in [0.25, 0.3) is 0 Å². The van der Waals surface area contributed by atoms with Crippen LogP contribution in [0, 0.1) is 12.8 Å². The Morgan fingerprint density at radius 1 is 1.22 bits per heavy atom. The number of hydrogen-bond acceptors (Lipinski definition) is 4. The van der Waals surface area contributed by atoms with E-state index in [1.54, 1.807) is 4.90 Å². The largest absolute Gasteiger partial charge is 0.480 e. The molecule has 1 N–H and O–H groups in total. The summed E-state index contributed by atoms with van der Waals surface area (Å²) in [6.45, 7) is 3.54. The van der Waals surface area contributed by atoms with Crippen molar-refractivity contribution in [3.63, 3.8) is 0 Å². The number of carbonyl (C=O) groups excluding carboxylic acids is 2. The summed E-state index contributed by atoms with van der Waals surface area (Å²) in [5.41, 5.74) is 2.18. The van der Waals surface area contributed by atoms with E-state index < -0.39 is 11.9 Å². The average Bonchev–Trinajstić information content (AvgIpc) is 3.02. The third-order valence-electron chi connectivity index (χ3n) is 5.28. The molecule has 0 spiro atoms. The molecule has 2 aliphatic heterocycles. The fourth-order valence-corrected chi connectivity index (χ4v) is 3.77. The Kier molecular flexibility index (Phi) is 6.11. The number of amides is 2. The van der Waals surface area contributed by atoms with Crippen LogP contribution >= 0.6 is 0 Å². The first-order valence-corrected chi connectivity index (χ1v) is 9.37. The zero-order valence-corrected chi connectivity index (χ0v) is 15.6. The van der Waals surface area contributed by atoms with Crippen LogP contribution in [0.25, 0.3) is 0 Å². The minimum absolute atomic E-state index is 0.0591. The van der Waals surface area contributed by atoms with Crippen LogP contribution in [0.4, 0.5) is 0 Å². The Hall–Kier alpha value is -2.41. The third kappa shape index (κ3) is 4.86. The predicted molar refractivity (Wildman–Crippen MR) is 97.9 cm³/mol. The lowest BCUT2D eigenvalue weighted by Gasteiger charge is -2.34. The second-order valence-corrected chi connectivity index (χ2v) is 7.36. The summed E-state index contributed by atoms with van der Waals surface area (Å²) < 4.78 is 5.32. The van der Waals surface area contributed by atoms with Gasteiger partial charge >= 0.3 is 5.97 Å². The van der Waals surface area contributed by atoms with Crippen LogP contribution in [0.1, 0.15) is 30.4 Å². The Labute approximate surface area is 158 Å². The molecule has 2 fully saturated rings. The van der Waals surface area contributed by atoms with Gasteiger partial charge in [0.2, 0.25) is 11.8 Å². The quantitative estimate of drug-likeness (QED) is 0.814. The molecule has 0 radical (unpaired) electrons. The summed E-state index contributed by atoms with van der Waals surface area (Å²) in [7, 11) is 0. The van der Waals surface area contributed by atoms with Crippen molar-refractivity contribution in [1.82, 2.24) is 9.80 Å². The highest BCUT2D eigenvalue weighted by molar-refractivity contribution is 5.90. The maximum absolute atomic E-state index is 13.0. The highest BCUT2D eigenvalue weighted by Gasteiger charge is 2.39. The van der Waals surface area contributed by atoms with Crippen LogP contribution in [0.2, 0.25) is 0 Å². The van der Waals surface area contributed by atoms with E-state index in [-0.39, 0.29) is 30.8 Å². The van der Waals surface area contributed by atoms with Gasteiger partial charge in [-0.3, -0.25) is 14.4 Å². The molecule has 0 bridgehead atoms. The number of benzene rings is 1. The van der Waals surface area contributed by atoms with Crippen LogP contribution < -0.4 is 0 Å². The topological polar surface area (TPSA) is 87.2 Å². The van der Waals surface area contributed by atoms with Gasteiger partial charge in [0.1, 0.15) is 6.54 Å². The van der Waals surface area contributed by atoms with Crippen LogP contribution in [-0.4, -0.2) is 65.0 Å². The molecular weight excluding hydrogens is 348 g/mol. The van der Waals surface area contributed by atoms with Crippen molar-refractivity contribution in [2.45, 2.75) is 38.8 Å². The molecule has 27 heavy (non-hydrogen) atoms. The summed E-state index contributed by atoms with van der Waals surface area (Å²) in [6, 6.07) is 7.83. The summed E-state index contributed by atoms with van der Waals surface area (Å²) in [4.78, 5) is 39.8. The normalized spacial score (nSPS) is 20.7. The Morgan fingerprint density at radius 2 is 1.89 bits per heavy atom. The lowest BCUT2D eigenvalue weighted by Crippen LogP contribution is -2.48. The first-order chi connectivity index (χ1) is 12.9.